The lowest BCUT2D eigenvalue weighted by molar-refractivity contribution is 0.773. The van der Waals surface area contributed by atoms with E-state index in [2.05, 4.69) is 187 Å². The molecule has 1 aromatic heterocycles. The molecular weight excluding hydrogens is 605 g/mol. The first kappa shape index (κ1) is 27.4. The van der Waals surface area contributed by atoms with Gasteiger partial charge in [0.1, 0.15) is 5.82 Å². The van der Waals surface area contributed by atoms with Crippen LogP contribution in [0.15, 0.2) is 182 Å². The Morgan fingerprint density at radius 3 is 1.90 bits per heavy atom. The van der Waals surface area contributed by atoms with E-state index in [4.69, 9.17) is 4.98 Å². The maximum Gasteiger partial charge on any atom is 0.145 e. The fourth-order valence-electron chi connectivity index (χ4n) is 9.10. The van der Waals surface area contributed by atoms with Crippen LogP contribution in [-0.2, 0) is 5.41 Å². The number of aromatic nitrogens is 2. The minimum absolute atomic E-state index is 0.439. The predicted molar refractivity (Wildman–Crippen MR) is 206 cm³/mol. The molecule has 0 fully saturated rings. The van der Waals surface area contributed by atoms with Gasteiger partial charge in [0.2, 0.25) is 0 Å². The molecule has 0 radical (unpaired) electrons. The van der Waals surface area contributed by atoms with E-state index < -0.39 is 5.41 Å². The molecule has 9 aromatic rings. The predicted octanol–water partition coefficient (Wildman–Crippen LogP) is 11.9. The van der Waals surface area contributed by atoms with Crippen LogP contribution < -0.4 is 0 Å². The Morgan fingerprint density at radius 2 is 1.02 bits per heavy atom. The zero-order valence-corrected chi connectivity index (χ0v) is 27.2. The standard InChI is InChI=1S/C48H30N2/c1-2-18-34(19-3-1)50-44-29-9-8-28-43(44)49-47(50)33-17-10-16-32(30-33)35-22-13-27-42-46(35)38-21-5-7-25-40(38)48(42)39-24-6-4-20-36(39)37-23-11-14-31-15-12-26-41(48)45(31)37/h1-30H. The van der Waals surface area contributed by atoms with Gasteiger partial charge in [-0.1, -0.05) is 152 Å². The molecule has 2 heteroatoms. The quantitative estimate of drug-likeness (QED) is 0.189. The maximum atomic E-state index is 5.20. The van der Waals surface area contributed by atoms with Gasteiger partial charge in [0.05, 0.1) is 16.4 Å². The van der Waals surface area contributed by atoms with Crippen LogP contribution in [0.3, 0.4) is 0 Å². The first-order chi connectivity index (χ1) is 24.8. The Balaban J connectivity index is 1.19. The first-order valence-corrected chi connectivity index (χ1v) is 17.3. The minimum atomic E-state index is -0.439. The number of para-hydroxylation sites is 3. The molecule has 1 heterocycles. The zero-order chi connectivity index (χ0) is 32.8. The van der Waals surface area contributed by atoms with Crippen LogP contribution in [0.25, 0.3) is 72.3 Å². The molecule has 2 aliphatic carbocycles. The smallest absolute Gasteiger partial charge is 0.145 e. The number of fused-ring (bicyclic) bond motifs is 10. The van der Waals surface area contributed by atoms with Gasteiger partial charge >= 0.3 is 0 Å². The average molecular weight is 635 g/mol. The summed E-state index contributed by atoms with van der Waals surface area (Å²) < 4.78 is 2.28. The first-order valence-electron chi connectivity index (χ1n) is 17.3. The lowest BCUT2D eigenvalue weighted by Gasteiger charge is -2.40. The van der Waals surface area contributed by atoms with Crippen LogP contribution >= 0.6 is 0 Å². The molecule has 0 N–H and O–H groups in total. The van der Waals surface area contributed by atoms with E-state index in [0.29, 0.717) is 0 Å². The Morgan fingerprint density at radius 1 is 0.420 bits per heavy atom. The van der Waals surface area contributed by atoms with E-state index in [9.17, 15) is 0 Å². The summed E-state index contributed by atoms with van der Waals surface area (Å²) in [5.41, 5.74) is 16.9. The highest BCUT2D eigenvalue weighted by molar-refractivity contribution is 6.08. The molecule has 8 aromatic carbocycles. The number of imidazole rings is 1. The lowest BCUT2D eigenvalue weighted by Crippen LogP contribution is -2.31. The molecule has 1 atom stereocenters. The maximum absolute atomic E-state index is 5.20. The number of nitrogens with zero attached hydrogens (tertiary/aromatic N) is 2. The summed E-state index contributed by atoms with van der Waals surface area (Å²) >= 11 is 0. The molecule has 2 aliphatic rings. The normalized spacial score (nSPS) is 15.3. The van der Waals surface area contributed by atoms with Gasteiger partial charge in [-0.15, -0.1) is 0 Å². The Hall–Kier alpha value is -6.51. The Bertz CT molecular complexity index is 2820. The van der Waals surface area contributed by atoms with Gasteiger partial charge in [-0.3, -0.25) is 4.57 Å². The summed E-state index contributed by atoms with van der Waals surface area (Å²) in [4.78, 5) is 5.20. The summed E-state index contributed by atoms with van der Waals surface area (Å²) in [5.74, 6) is 0.938. The third kappa shape index (κ3) is 3.55. The van der Waals surface area contributed by atoms with E-state index in [1.165, 1.54) is 66.4 Å². The van der Waals surface area contributed by atoms with E-state index in [0.717, 1.165) is 28.1 Å². The van der Waals surface area contributed by atoms with Gasteiger partial charge < -0.3 is 0 Å². The second-order valence-electron chi connectivity index (χ2n) is 13.5. The van der Waals surface area contributed by atoms with Crippen molar-refractivity contribution in [2.24, 2.45) is 0 Å². The number of rotatable bonds is 3. The molecular formula is C48H30N2. The molecule has 2 nitrogen and oxygen atoms in total. The third-order valence-corrected chi connectivity index (χ3v) is 11.0. The Kier molecular flexibility index (Phi) is 5.62. The minimum Gasteiger partial charge on any atom is -0.292 e. The second kappa shape index (κ2) is 10.2. The largest absolute Gasteiger partial charge is 0.292 e. The summed E-state index contributed by atoms with van der Waals surface area (Å²) in [7, 11) is 0. The van der Waals surface area contributed by atoms with Gasteiger partial charge in [-0.2, -0.15) is 0 Å². The van der Waals surface area contributed by atoms with Crippen LogP contribution in [0, 0.1) is 0 Å². The van der Waals surface area contributed by atoms with Crippen molar-refractivity contribution in [2.75, 3.05) is 0 Å². The second-order valence-corrected chi connectivity index (χ2v) is 13.5. The molecule has 50 heavy (non-hydrogen) atoms. The topological polar surface area (TPSA) is 17.8 Å². The van der Waals surface area contributed by atoms with E-state index >= 15 is 0 Å². The third-order valence-electron chi connectivity index (χ3n) is 11.0. The molecule has 1 unspecified atom stereocenters. The molecule has 232 valence electrons. The molecule has 0 saturated heterocycles. The highest BCUT2D eigenvalue weighted by Gasteiger charge is 2.50. The van der Waals surface area contributed by atoms with Crippen molar-refractivity contribution in [3.05, 3.63) is 204 Å². The Labute approximate surface area is 290 Å². The summed E-state index contributed by atoms with van der Waals surface area (Å²) in [6.07, 6.45) is 0. The van der Waals surface area contributed by atoms with Gasteiger partial charge in [0, 0.05) is 11.3 Å². The van der Waals surface area contributed by atoms with Gasteiger partial charge in [-0.05, 0) is 96.7 Å². The lowest BCUT2D eigenvalue weighted by atomic mass is 9.61. The van der Waals surface area contributed by atoms with Gasteiger partial charge in [-0.25, -0.2) is 4.98 Å². The van der Waals surface area contributed by atoms with Gasteiger partial charge in [0.25, 0.3) is 0 Å². The van der Waals surface area contributed by atoms with Crippen molar-refractivity contribution in [2.45, 2.75) is 5.41 Å². The summed E-state index contributed by atoms with van der Waals surface area (Å²) in [5, 5.41) is 2.63. The van der Waals surface area contributed by atoms with Crippen LogP contribution in [-0.4, -0.2) is 9.55 Å². The number of hydrogen-bond donors (Lipinski definition) is 0. The van der Waals surface area contributed by atoms with E-state index in [1.807, 2.05) is 0 Å². The molecule has 0 aliphatic heterocycles. The molecule has 1 spiro atoms. The van der Waals surface area contributed by atoms with Gasteiger partial charge in [0.15, 0.2) is 0 Å². The molecule has 0 bridgehead atoms. The molecule has 0 saturated carbocycles. The molecule has 11 rings (SSSR count). The average Bonchev–Trinajstić information content (AvgIpc) is 3.72. The number of hydrogen-bond acceptors (Lipinski definition) is 1. The van der Waals surface area contributed by atoms with Crippen molar-refractivity contribution in [3.8, 4) is 50.5 Å². The number of benzene rings is 8. The summed E-state index contributed by atoms with van der Waals surface area (Å²) in [6.45, 7) is 0. The highest BCUT2D eigenvalue weighted by Crippen LogP contribution is 2.63. The fraction of sp³-hybridized carbons (Fsp3) is 0.0208. The van der Waals surface area contributed by atoms with Crippen molar-refractivity contribution in [3.63, 3.8) is 0 Å². The van der Waals surface area contributed by atoms with Crippen molar-refractivity contribution >= 4 is 21.8 Å². The van der Waals surface area contributed by atoms with Crippen LogP contribution in [0.4, 0.5) is 0 Å². The monoisotopic (exact) mass is 634 g/mol. The van der Waals surface area contributed by atoms with Crippen molar-refractivity contribution in [1.29, 1.82) is 0 Å². The molecule has 0 amide bonds. The fourth-order valence-corrected chi connectivity index (χ4v) is 9.10. The van der Waals surface area contributed by atoms with E-state index in [1.54, 1.807) is 0 Å². The van der Waals surface area contributed by atoms with E-state index in [-0.39, 0.29) is 0 Å². The highest BCUT2D eigenvalue weighted by atomic mass is 15.1. The zero-order valence-electron chi connectivity index (χ0n) is 27.2. The SMILES string of the molecule is c1ccc(-n2c(-c3cccc(-c4cccc5c4-c4ccccc4C54c5ccccc5-c5cccc6cccc4c56)c3)nc3ccccc32)cc1. The van der Waals surface area contributed by atoms with Crippen molar-refractivity contribution in [1.82, 2.24) is 9.55 Å². The summed E-state index contributed by atoms with van der Waals surface area (Å²) in [6, 6.07) is 66.7. The van der Waals surface area contributed by atoms with Crippen LogP contribution in [0.5, 0.6) is 0 Å². The van der Waals surface area contributed by atoms with Crippen molar-refractivity contribution < 1.29 is 0 Å². The van der Waals surface area contributed by atoms with Crippen LogP contribution in [0.2, 0.25) is 0 Å². The van der Waals surface area contributed by atoms with Crippen LogP contribution in [0.1, 0.15) is 22.3 Å².